The third kappa shape index (κ3) is 133. The molecule has 4 nitrogen and oxygen atoms in total. The van der Waals surface area contributed by atoms with E-state index in [1.165, 1.54) is 0 Å². The molecule has 0 saturated heterocycles. The zero-order valence-electron chi connectivity index (χ0n) is 2.71. The summed E-state index contributed by atoms with van der Waals surface area (Å²) in [5.41, 5.74) is 0. The third-order valence-corrected chi connectivity index (χ3v) is 0. The Bertz CT molecular complexity index is 43.0. The van der Waals surface area contributed by atoms with Crippen LogP contribution < -0.4 is 0 Å². The first-order chi connectivity index (χ1) is 2.73. The molecule has 0 bridgehead atoms. The van der Waals surface area contributed by atoms with Gasteiger partial charge in [-0.3, -0.25) is 0 Å². The van der Waals surface area contributed by atoms with Crippen molar-refractivity contribution in [1.29, 1.82) is 0 Å². The fraction of sp³-hybridized carbons (Fsp3) is 0. The summed E-state index contributed by atoms with van der Waals surface area (Å²) in [4.78, 5) is 8.56. The van der Waals surface area contributed by atoms with Gasteiger partial charge in [-0.15, -0.1) is 0 Å². The number of hydrogen-bond donors (Lipinski definition) is 2. The molecular weight excluding hydrogens is 325 g/mol. The molecule has 7 heavy (non-hydrogen) atoms. The summed E-state index contributed by atoms with van der Waals surface area (Å²) in [5, 5.41) is 13.9. The van der Waals surface area contributed by atoms with Gasteiger partial charge >= 0.3 is 71.4 Å². The van der Waals surface area contributed by atoms with Gasteiger partial charge in [-0.05, 0) is 0 Å². The molecule has 0 spiro atoms. The molecule has 6 heteroatoms. The van der Waals surface area contributed by atoms with Gasteiger partial charge in [-0.25, -0.2) is 4.79 Å². The van der Waals surface area contributed by atoms with E-state index in [1.807, 2.05) is 0 Å². The van der Waals surface area contributed by atoms with Crippen LogP contribution >= 0.6 is 0 Å². The standard InChI is InChI=1S/CH2O3.Bi.Ca.O.3H/c2-1(3)4;;;;;;/h(H2,2,3,4);;;;;;. The second kappa shape index (κ2) is 15.7. The van der Waals surface area contributed by atoms with E-state index in [2.05, 4.69) is 0 Å². The van der Waals surface area contributed by atoms with Crippen molar-refractivity contribution in [1.82, 2.24) is 0 Å². The van der Waals surface area contributed by atoms with Gasteiger partial charge in [0.25, 0.3) is 0 Å². The zero-order chi connectivity index (χ0) is 5.58. The van der Waals surface area contributed by atoms with Crippen LogP contribution in [0.5, 0.6) is 0 Å². The van der Waals surface area contributed by atoms with Gasteiger partial charge in [0.15, 0.2) is 0 Å². The molecule has 0 aromatic rings. The Morgan fingerprint density at radius 3 is 1.29 bits per heavy atom. The van der Waals surface area contributed by atoms with E-state index in [9.17, 15) is 0 Å². The van der Waals surface area contributed by atoms with Crippen molar-refractivity contribution in [3.05, 3.63) is 0 Å². The molecule has 0 aromatic carbocycles. The van der Waals surface area contributed by atoms with Gasteiger partial charge in [-0.2, -0.15) is 0 Å². The molecule has 0 unspecified atom stereocenters. The molecule has 0 fully saturated rings. The van der Waals surface area contributed by atoms with E-state index in [4.69, 9.17) is 17.8 Å². The SMILES string of the molecule is O=C(O)O.[CaH2].[O]=[BiH]. The summed E-state index contributed by atoms with van der Waals surface area (Å²) in [6, 6.07) is 0. The van der Waals surface area contributed by atoms with Crippen molar-refractivity contribution >= 4 is 68.6 Å². The van der Waals surface area contributed by atoms with Crippen LogP contribution in [-0.4, -0.2) is 78.8 Å². The van der Waals surface area contributed by atoms with E-state index in [-0.39, 0.29) is 62.5 Å². The van der Waals surface area contributed by atoms with Crippen LogP contribution in [-0.2, 0) is 2.81 Å². The topological polar surface area (TPSA) is 74.6 Å². The Labute approximate surface area is 85.2 Å². The van der Waals surface area contributed by atoms with Crippen LogP contribution in [0.1, 0.15) is 0 Å². The summed E-state index contributed by atoms with van der Waals surface area (Å²) in [6.07, 6.45) is -1.83. The van der Waals surface area contributed by atoms with E-state index in [0.717, 1.165) is 0 Å². The first-order valence-corrected chi connectivity index (χ1v) is 2.44. The van der Waals surface area contributed by atoms with Crippen molar-refractivity contribution < 1.29 is 17.8 Å². The molecule has 0 rings (SSSR count). The quantitative estimate of drug-likeness (QED) is 0.533. The molecule has 0 amide bonds. The summed E-state index contributed by atoms with van der Waals surface area (Å²) in [6.45, 7) is 0. The fourth-order valence-corrected chi connectivity index (χ4v) is 0. The van der Waals surface area contributed by atoms with Gasteiger partial charge in [0, 0.05) is 0 Å². The van der Waals surface area contributed by atoms with Crippen molar-refractivity contribution in [2.75, 3.05) is 0 Å². The molecule has 0 heterocycles. The number of hydrogen-bond acceptors (Lipinski definition) is 2. The van der Waals surface area contributed by atoms with Gasteiger partial charge in [0.05, 0.1) is 0 Å². The molecular formula is CH5BiCaO4. The minimum atomic E-state index is -1.83. The van der Waals surface area contributed by atoms with Crippen molar-refractivity contribution in [2.24, 2.45) is 0 Å². The van der Waals surface area contributed by atoms with Crippen LogP contribution in [0.25, 0.3) is 0 Å². The van der Waals surface area contributed by atoms with E-state index in [1.54, 1.807) is 0 Å². The summed E-state index contributed by atoms with van der Waals surface area (Å²) >= 11 is 0.0556. The maximum absolute atomic E-state index is 8.56. The molecule has 0 aliphatic carbocycles. The predicted octanol–water partition coefficient (Wildman–Crippen LogP) is -1.46. The normalized spacial score (nSPS) is 4.00. The zero-order valence-corrected chi connectivity index (χ0v) is 6.60. The monoisotopic (exact) mass is 330 g/mol. The first kappa shape index (κ1) is 15.7. The van der Waals surface area contributed by atoms with Crippen LogP contribution in [0.4, 0.5) is 4.79 Å². The van der Waals surface area contributed by atoms with E-state index >= 15 is 0 Å². The number of carbonyl (C=O) groups is 1. The molecule has 2 N–H and O–H groups in total. The molecule has 0 aliphatic heterocycles. The number of carboxylic acid groups (broad SMARTS) is 2. The Morgan fingerprint density at radius 1 is 1.29 bits per heavy atom. The molecule has 0 atom stereocenters. The van der Waals surface area contributed by atoms with Crippen LogP contribution in [0.3, 0.4) is 0 Å². The van der Waals surface area contributed by atoms with Gasteiger partial charge in [0.1, 0.15) is 0 Å². The summed E-state index contributed by atoms with van der Waals surface area (Å²) in [5.74, 6) is 0. The van der Waals surface area contributed by atoms with Gasteiger partial charge in [-0.1, -0.05) is 0 Å². The average molecular weight is 330 g/mol. The Balaban J connectivity index is -0.0000000480. The summed E-state index contributed by atoms with van der Waals surface area (Å²) < 4.78 is 8.39. The number of rotatable bonds is 0. The second-order valence-corrected chi connectivity index (χ2v) is 0.283. The molecule has 0 saturated carbocycles. The predicted molar refractivity (Wildman–Crippen MR) is 27.0 cm³/mol. The minimum absolute atomic E-state index is 0. The van der Waals surface area contributed by atoms with Crippen LogP contribution in [0, 0.1) is 0 Å². The van der Waals surface area contributed by atoms with Crippen LogP contribution in [0.2, 0.25) is 0 Å². The van der Waals surface area contributed by atoms with Crippen molar-refractivity contribution in [3.63, 3.8) is 0 Å². The first-order valence-electron chi connectivity index (χ1n) is 0.855. The fourth-order valence-electron chi connectivity index (χ4n) is 0. The van der Waals surface area contributed by atoms with Crippen molar-refractivity contribution in [3.8, 4) is 0 Å². The Kier molecular flexibility index (Phi) is 35.2. The molecule has 0 radical (unpaired) electrons. The Morgan fingerprint density at radius 2 is 1.29 bits per heavy atom. The van der Waals surface area contributed by atoms with Gasteiger partial charge in [0.2, 0.25) is 0 Å². The molecule has 0 aromatic heterocycles. The second-order valence-electron chi connectivity index (χ2n) is 0.283. The van der Waals surface area contributed by atoms with Crippen molar-refractivity contribution in [2.45, 2.75) is 0 Å². The molecule has 40 valence electrons. The third-order valence-electron chi connectivity index (χ3n) is 0. The summed E-state index contributed by atoms with van der Waals surface area (Å²) in [7, 11) is 0. The molecule has 0 aliphatic rings. The van der Waals surface area contributed by atoms with Gasteiger partial charge < -0.3 is 10.2 Å². The van der Waals surface area contributed by atoms with E-state index < -0.39 is 6.16 Å². The van der Waals surface area contributed by atoms with E-state index in [0.29, 0.717) is 0 Å². The van der Waals surface area contributed by atoms with Crippen LogP contribution in [0.15, 0.2) is 0 Å². The Hall–Kier alpha value is 1.21. The average Bonchev–Trinajstić information content (AvgIpc) is 1.41. The maximum atomic E-state index is 8.56.